The van der Waals surface area contributed by atoms with Gasteiger partial charge in [0.1, 0.15) is 0 Å². The van der Waals surface area contributed by atoms with Crippen molar-refractivity contribution in [2.45, 2.75) is 46.3 Å². The summed E-state index contributed by atoms with van der Waals surface area (Å²) >= 11 is 0. The van der Waals surface area contributed by atoms with Crippen LogP contribution in [0.4, 0.5) is 0 Å². The van der Waals surface area contributed by atoms with Crippen molar-refractivity contribution in [1.29, 1.82) is 0 Å². The summed E-state index contributed by atoms with van der Waals surface area (Å²) < 4.78 is 13.0. The van der Waals surface area contributed by atoms with Gasteiger partial charge < -0.3 is 14.0 Å². The van der Waals surface area contributed by atoms with E-state index in [0.717, 1.165) is 48.5 Å². The number of aromatic nitrogens is 1. The molecule has 1 atom stereocenters. The van der Waals surface area contributed by atoms with Gasteiger partial charge in [0.2, 0.25) is 5.78 Å². The Kier molecular flexibility index (Phi) is 6.47. The highest BCUT2D eigenvalue weighted by Crippen LogP contribution is 2.20. The van der Waals surface area contributed by atoms with Crippen molar-refractivity contribution < 1.29 is 19.1 Å². The molecule has 0 spiro atoms. The van der Waals surface area contributed by atoms with Gasteiger partial charge in [0.25, 0.3) is 0 Å². The number of Topliss-reactive ketones (excluding diaryl/α,β-unsaturated/α-hetero) is 1. The normalized spacial score (nSPS) is 16.6. The number of hydrogen-bond donors (Lipinski definition) is 0. The smallest absolute Gasteiger partial charge is 0.331 e. The van der Waals surface area contributed by atoms with E-state index >= 15 is 0 Å². The monoisotopic (exact) mass is 381 g/mol. The van der Waals surface area contributed by atoms with E-state index in [-0.39, 0.29) is 18.5 Å². The van der Waals surface area contributed by atoms with Gasteiger partial charge in [-0.05, 0) is 56.9 Å². The molecule has 0 N–H and O–H groups in total. The zero-order chi connectivity index (χ0) is 20.1. The quantitative estimate of drug-likeness (QED) is 0.413. The second kappa shape index (κ2) is 9.02. The van der Waals surface area contributed by atoms with Crippen LogP contribution in [0.5, 0.6) is 0 Å². The summed E-state index contributed by atoms with van der Waals surface area (Å²) in [5.74, 6) is -0.714. The standard InChI is InChI=1S/C23H27NO4/c1-16-7-4-5-8-19(16)10-11-23(26)28-15-22(25)21-13-17(2)24(18(21)3)14-20-9-6-12-27-20/h4-5,7-8,10-11,13,20H,6,9,12,14-15H2,1-3H3/b11-10+/t20-/m1/s1. The van der Waals surface area contributed by atoms with Crippen LogP contribution in [0.2, 0.25) is 0 Å². The summed E-state index contributed by atoms with van der Waals surface area (Å²) in [6.07, 6.45) is 5.40. The van der Waals surface area contributed by atoms with E-state index in [1.807, 2.05) is 51.1 Å². The third kappa shape index (κ3) is 4.78. The summed E-state index contributed by atoms with van der Waals surface area (Å²) in [5.41, 5.74) is 4.53. The Morgan fingerprint density at radius 3 is 2.75 bits per heavy atom. The summed E-state index contributed by atoms with van der Waals surface area (Å²) in [6.45, 7) is 7.18. The van der Waals surface area contributed by atoms with E-state index in [0.29, 0.717) is 5.56 Å². The first-order valence-corrected chi connectivity index (χ1v) is 9.67. The molecule has 0 saturated carbocycles. The highest BCUT2D eigenvalue weighted by atomic mass is 16.5. The molecule has 1 aliphatic heterocycles. The minimum absolute atomic E-state index is 0.190. The molecule has 3 rings (SSSR count). The predicted octanol–water partition coefficient (Wildman–Crippen LogP) is 4.03. The summed E-state index contributed by atoms with van der Waals surface area (Å²) in [7, 11) is 0. The fourth-order valence-electron chi connectivity index (χ4n) is 3.55. The molecule has 0 amide bonds. The maximum Gasteiger partial charge on any atom is 0.331 e. The van der Waals surface area contributed by atoms with Gasteiger partial charge in [-0.1, -0.05) is 24.3 Å². The molecular weight excluding hydrogens is 354 g/mol. The molecule has 5 heteroatoms. The van der Waals surface area contributed by atoms with Crippen LogP contribution < -0.4 is 0 Å². The zero-order valence-corrected chi connectivity index (χ0v) is 16.7. The molecule has 1 aliphatic rings. The SMILES string of the molecule is Cc1ccccc1/C=C/C(=O)OCC(=O)c1cc(C)n(C[C@H]2CCCO2)c1C. The topological polar surface area (TPSA) is 57.5 Å². The molecule has 0 radical (unpaired) electrons. The summed E-state index contributed by atoms with van der Waals surface area (Å²) in [6, 6.07) is 9.62. The summed E-state index contributed by atoms with van der Waals surface area (Å²) in [5, 5.41) is 0. The number of carbonyl (C=O) groups excluding carboxylic acids is 2. The van der Waals surface area contributed by atoms with Gasteiger partial charge in [-0.25, -0.2) is 4.79 Å². The van der Waals surface area contributed by atoms with Crippen LogP contribution in [0.25, 0.3) is 6.08 Å². The Morgan fingerprint density at radius 2 is 2.04 bits per heavy atom. The fraction of sp³-hybridized carbons (Fsp3) is 0.391. The van der Waals surface area contributed by atoms with Gasteiger partial charge in [-0.2, -0.15) is 0 Å². The lowest BCUT2D eigenvalue weighted by Gasteiger charge is -2.14. The Balaban J connectivity index is 1.58. The molecule has 1 saturated heterocycles. The molecule has 1 aromatic heterocycles. The van der Waals surface area contributed by atoms with E-state index in [2.05, 4.69) is 4.57 Å². The number of carbonyl (C=O) groups is 2. The summed E-state index contributed by atoms with van der Waals surface area (Å²) in [4.78, 5) is 24.5. The number of rotatable bonds is 7. The fourth-order valence-corrected chi connectivity index (χ4v) is 3.55. The van der Waals surface area contributed by atoms with Gasteiger partial charge in [-0.15, -0.1) is 0 Å². The van der Waals surface area contributed by atoms with E-state index < -0.39 is 5.97 Å². The number of aryl methyl sites for hydroxylation is 2. The highest BCUT2D eigenvalue weighted by molar-refractivity contribution is 6.00. The number of esters is 1. The van der Waals surface area contributed by atoms with Crippen molar-refractivity contribution in [2.75, 3.05) is 13.2 Å². The lowest BCUT2D eigenvalue weighted by Crippen LogP contribution is -2.18. The minimum atomic E-state index is -0.523. The highest BCUT2D eigenvalue weighted by Gasteiger charge is 2.21. The van der Waals surface area contributed by atoms with Gasteiger partial charge in [0, 0.05) is 36.2 Å². The predicted molar refractivity (Wildman–Crippen MR) is 108 cm³/mol. The Hall–Kier alpha value is -2.66. The van der Waals surface area contributed by atoms with Crippen LogP contribution in [-0.2, 0) is 20.8 Å². The second-order valence-corrected chi connectivity index (χ2v) is 7.25. The molecule has 5 nitrogen and oxygen atoms in total. The molecule has 28 heavy (non-hydrogen) atoms. The Bertz CT molecular complexity index is 888. The molecular formula is C23H27NO4. The molecule has 0 unspecified atom stereocenters. The van der Waals surface area contributed by atoms with Crippen molar-refractivity contribution in [2.24, 2.45) is 0 Å². The maximum absolute atomic E-state index is 12.6. The first-order valence-electron chi connectivity index (χ1n) is 9.67. The van der Waals surface area contributed by atoms with Gasteiger partial charge in [-0.3, -0.25) is 4.79 Å². The first-order chi connectivity index (χ1) is 13.5. The van der Waals surface area contributed by atoms with Crippen molar-refractivity contribution in [3.8, 4) is 0 Å². The van der Waals surface area contributed by atoms with Crippen LogP contribution in [-0.4, -0.2) is 35.6 Å². The molecule has 2 heterocycles. The average Bonchev–Trinajstić information content (AvgIpc) is 3.29. The first kappa shape index (κ1) is 20.1. The van der Waals surface area contributed by atoms with E-state index in [1.165, 1.54) is 6.08 Å². The Morgan fingerprint density at radius 1 is 1.25 bits per heavy atom. The third-order valence-electron chi connectivity index (χ3n) is 5.22. The molecule has 0 aliphatic carbocycles. The van der Waals surface area contributed by atoms with E-state index in [4.69, 9.17) is 9.47 Å². The van der Waals surface area contributed by atoms with Gasteiger partial charge >= 0.3 is 5.97 Å². The van der Waals surface area contributed by atoms with Crippen molar-refractivity contribution >= 4 is 17.8 Å². The zero-order valence-electron chi connectivity index (χ0n) is 16.7. The van der Waals surface area contributed by atoms with Gasteiger partial charge in [0.05, 0.1) is 6.10 Å². The van der Waals surface area contributed by atoms with E-state index in [1.54, 1.807) is 6.08 Å². The van der Waals surface area contributed by atoms with Crippen LogP contribution in [0.15, 0.2) is 36.4 Å². The average molecular weight is 381 g/mol. The van der Waals surface area contributed by atoms with Crippen LogP contribution in [0.3, 0.4) is 0 Å². The second-order valence-electron chi connectivity index (χ2n) is 7.25. The number of benzene rings is 1. The number of hydrogen-bond acceptors (Lipinski definition) is 4. The van der Waals surface area contributed by atoms with Crippen LogP contribution in [0, 0.1) is 20.8 Å². The minimum Gasteiger partial charge on any atom is -0.454 e. The lowest BCUT2D eigenvalue weighted by atomic mass is 10.1. The van der Waals surface area contributed by atoms with E-state index in [9.17, 15) is 9.59 Å². The largest absolute Gasteiger partial charge is 0.454 e. The molecule has 2 aromatic rings. The number of ether oxygens (including phenoxy) is 2. The van der Waals surface area contributed by atoms with Crippen molar-refractivity contribution in [3.05, 3.63) is 64.5 Å². The van der Waals surface area contributed by atoms with Crippen molar-refractivity contribution in [1.82, 2.24) is 4.57 Å². The Labute approximate surface area is 166 Å². The van der Waals surface area contributed by atoms with Crippen LogP contribution >= 0.6 is 0 Å². The van der Waals surface area contributed by atoms with Gasteiger partial charge in [0.15, 0.2) is 6.61 Å². The molecule has 0 bridgehead atoms. The number of ketones is 1. The molecule has 1 aromatic carbocycles. The third-order valence-corrected chi connectivity index (χ3v) is 5.22. The van der Waals surface area contributed by atoms with Crippen molar-refractivity contribution in [3.63, 3.8) is 0 Å². The maximum atomic E-state index is 12.6. The molecule has 148 valence electrons. The number of nitrogens with zero attached hydrogens (tertiary/aromatic N) is 1. The lowest BCUT2D eigenvalue weighted by molar-refractivity contribution is -0.136. The van der Waals surface area contributed by atoms with Crippen LogP contribution in [0.1, 0.15) is 45.7 Å². The molecule has 1 fully saturated rings.